The Kier molecular flexibility index (Phi) is 6.84. The highest BCUT2D eigenvalue weighted by Gasteiger charge is 2.36. The van der Waals surface area contributed by atoms with Crippen molar-refractivity contribution in [2.24, 2.45) is 0 Å². The average molecular weight is 461 g/mol. The number of para-hydroxylation sites is 1. The van der Waals surface area contributed by atoms with Crippen LogP contribution >= 0.6 is 23.2 Å². The number of hydrogen-bond donors (Lipinski definition) is 2. The van der Waals surface area contributed by atoms with Gasteiger partial charge in [-0.1, -0.05) is 30.7 Å². The maximum absolute atomic E-state index is 13.5. The first-order valence-corrected chi connectivity index (χ1v) is 9.69. The third-order valence-corrected chi connectivity index (χ3v) is 4.68. The molecule has 0 amide bonds. The summed E-state index contributed by atoms with van der Waals surface area (Å²) in [4.78, 5) is 12.2. The number of anilines is 1. The van der Waals surface area contributed by atoms with Crippen molar-refractivity contribution in [3.63, 3.8) is 0 Å². The third kappa shape index (κ3) is 4.85. The molecule has 0 radical (unpaired) electrons. The van der Waals surface area contributed by atoms with Gasteiger partial charge in [-0.3, -0.25) is 0 Å². The van der Waals surface area contributed by atoms with Gasteiger partial charge in [0.05, 0.1) is 29.9 Å². The van der Waals surface area contributed by atoms with E-state index in [4.69, 9.17) is 33.0 Å². The predicted octanol–water partition coefficient (Wildman–Crippen LogP) is 5.28. The number of hydrogen-bond acceptors (Lipinski definition) is 6. The number of aliphatic hydroxyl groups is 1. The van der Waals surface area contributed by atoms with Crippen LogP contribution < -0.4 is 10.1 Å². The first kappa shape index (κ1) is 22.3. The van der Waals surface area contributed by atoms with Crippen molar-refractivity contribution in [1.82, 2.24) is 15.0 Å². The Morgan fingerprint density at radius 1 is 1.23 bits per heavy atom. The van der Waals surface area contributed by atoms with Crippen LogP contribution in [0.25, 0.3) is 10.9 Å². The Balaban J connectivity index is 2.09. The number of nitrogens with zero attached hydrogens (tertiary/aromatic N) is 3. The van der Waals surface area contributed by atoms with Crippen molar-refractivity contribution in [2.75, 3.05) is 18.5 Å². The van der Waals surface area contributed by atoms with Gasteiger partial charge in [0.25, 0.3) is 0 Å². The van der Waals surface area contributed by atoms with Gasteiger partial charge in [0.1, 0.15) is 23.3 Å². The van der Waals surface area contributed by atoms with E-state index < -0.39 is 24.4 Å². The Bertz CT molecular complexity index is 1050. The zero-order valence-electron chi connectivity index (χ0n) is 15.7. The van der Waals surface area contributed by atoms with E-state index >= 15 is 0 Å². The van der Waals surface area contributed by atoms with Crippen LogP contribution in [0.2, 0.25) is 10.4 Å². The number of halogens is 5. The van der Waals surface area contributed by atoms with Gasteiger partial charge in [-0.2, -0.15) is 13.2 Å². The Morgan fingerprint density at radius 3 is 2.67 bits per heavy atom. The van der Waals surface area contributed by atoms with Gasteiger partial charge in [-0.15, -0.1) is 0 Å². The average Bonchev–Trinajstić information content (AvgIpc) is 2.69. The van der Waals surface area contributed by atoms with Crippen LogP contribution in [0.4, 0.5) is 19.0 Å². The number of fused-ring (bicyclic) bond motifs is 1. The summed E-state index contributed by atoms with van der Waals surface area (Å²) in [6.45, 7) is 1.10. The number of ether oxygens (including phenoxy) is 1. The van der Waals surface area contributed by atoms with E-state index in [1.54, 1.807) is 6.92 Å². The van der Waals surface area contributed by atoms with E-state index in [2.05, 4.69) is 20.3 Å². The van der Waals surface area contributed by atoms with Crippen LogP contribution in [-0.4, -0.2) is 33.3 Å². The first-order valence-electron chi connectivity index (χ1n) is 8.93. The monoisotopic (exact) mass is 460 g/mol. The topological polar surface area (TPSA) is 80.2 Å². The quantitative estimate of drug-likeness (QED) is 0.368. The smallest absolute Gasteiger partial charge is 0.419 e. The first-order chi connectivity index (χ1) is 14.2. The molecule has 3 aromatic rings. The lowest BCUT2D eigenvalue weighted by atomic mass is 9.99. The minimum absolute atomic E-state index is 0.0511. The molecule has 30 heavy (non-hydrogen) atoms. The molecule has 0 aliphatic carbocycles. The van der Waals surface area contributed by atoms with Crippen LogP contribution in [-0.2, 0) is 6.18 Å². The molecule has 3 rings (SSSR count). The zero-order valence-corrected chi connectivity index (χ0v) is 17.2. The normalized spacial score (nSPS) is 12.8. The van der Waals surface area contributed by atoms with Gasteiger partial charge in [0.15, 0.2) is 0 Å². The summed E-state index contributed by atoms with van der Waals surface area (Å²) < 4.78 is 45.9. The van der Waals surface area contributed by atoms with Gasteiger partial charge < -0.3 is 15.2 Å². The molecule has 0 bridgehead atoms. The van der Waals surface area contributed by atoms with Crippen molar-refractivity contribution >= 4 is 39.9 Å². The van der Waals surface area contributed by atoms with Gasteiger partial charge in [0, 0.05) is 10.9 Å². The van der Waals surface area contributed by atoms with Crippen LogP contribution in [0.15, 0.2) is 30.5 Å². The molecular weight excluding hydrogens is 444 g/mol. The van der Waals surface area contributed by atoms with Crippen LogP contribution in [0.1, 0.15) is 30.5 Å². The van der Waals surface area contributed by atoms with E-state index in [0.29, 0.717) is 23.1 Å². The number of alkyl halides is 3. The van der Waals surface area contributed by atoms with Gasteiger partial charge >= 0.3 is 6.18 Å². The standard InChI is InChI=1S/C19H17Cl2F3N4O2/c1-2-13(10-4-3-5-12(19(22,23)24)16(10)30-7-6-29)26-17-11-8-15(20)25-9-14(11)27-18(21)28-17/h3-5,8-9,13,29H,2,6-7H2,1H3,(H,26,27,28). The molecular formula is C19H17Cl2F3N4O2. The SMILES string of the molecule is CCC(Nc1nc(Cl)nc2cnc(Cl)cc12)c1cccc(C(F)(F)F)c1OCCO. The maximum Gasteiger partial charge on any atom is 0.419 e. The highest BCUT2D eigenvalue weighted by molar-refractivity contribution is 6.30. The van der Waals surface area contributed by atoms with Crippen molar-refractivity contribution in [1.29, 1.82) is 0 Å². The van der Waals surface area contributed by atoms with Crippen molar-refractivity contribution in [3.05, 3.63) is 52.0 Å². The Hall–Kier alpha value is -2.36. The molecule has 0 aliphatic rings. The predicted molar refractivity (Wildman–Crippen MR) is 108 cm³/mol. The number of aliphatic hydroxyl groups excluding tert-OH is 1. The minimum atomic E-state index is -4.62. The Morgan fingerprint density at radius 2 is 2.00 bits per heavy atom. The molecule has 0 saturated carbocycles. The number of nitrogens with one attached hydrogen (secondary N) is 1. The highest BCUT2D eigenvalue weighted by atomic mass is 35.5. The fourth-order valence-electron chi connectivity index (χ4n) is 3.01. The number of pyridine rings is 1. The molecule has 0 fully saturated rings. The molecule has 160 valence electrons. The second-order valence-corrected chi connectivity index (χ2v) is 6.99. The maximum atomic E-state index is 13.5. The Labute approximate surface area is 180 Å². The van der Waals surface area contributed by atoms with Crippen molar-refractivity contribution in [2.45, 2.75) is 25.6 Å². The molecule has 0 saturated heterocycles. The lowest BCUT2D eigenvalue weighted by Crippen LogP contribution is -2.17. The fraction of sp³-hybridized carbons (Fsp3) is 0.316. The molecule has 2 N–H and O–H groups in total. The van der Waals surface area contributed by atoms with E-state index in [9.17, 15) is 13.2 Å². The van der Waals surface area contributed by atoms with E-state index in [-0.39, 0.29) is 28.4 Å². The van der Waals surface area contributed by atoms with Crippen LogP contribution in [0, 0.1) is 0 Å². The van der Waals surface area contributed by atoms with Crippen LogP contribution in [0.5, 0.6) is 5.75 Å². The largest absolute Gasteiger partial charge is 0.490 e. The number of benzene rings is 1. The molecule has 6 nitrogen and oxygen atoms in total. The molecule has 1 unspecified atom stereocenters. The van der Waals surface area contributed by atoms with Crippen LogP contribution in [0.3, 0.4) is 0 Å². The summed E-state index contributed by atoms with van der Waals surface area (Å²) in [6.07, 6.45) is -2.79. The summed E-state index contributed by atoms with van der Waals surface area (Å²) in [6, 6.07) is 4.70. The number of aromatic nitrogens is 3. The lowest BCUT2D eigenvalue weighted by molar-refractivity contribution is -0.139. The van der Waals surface area contributed by atoms with Crippen molar-refractivity contribution < 1.29 is 23.0 Å². The van der Waals surface area contributed by atoms with Gasteiger partial charge in [-0.05, 0) is 30.2 Å². The minimum Gasteiger partial charge on any atom is -0.490 e. The number of rotatable bonds is 7. The van der Waals surface area contributed by atoms with E-state index in [1.165, 1.54) is 24.4 Å². The summed E-state index contributed by atoms with van der Waals surface area (Å²) in [5.74, 6) is -0.0470. The van der Waals surface area contributed by atoms with E-state index in [0.717, 1.165) is 6.07 Å². The van der Waals surface area contributed by atoms with Crippen molar-refractivity contribution in [3.8, 4) is 5.75 Å². The summed E-state index contributed by atoms with van der Waals surface area (Å²) in [5, 5.41) is 12.8. The summed E-state index contributed by atoms with van der Waals surface area (Å²) in [5.41, 5.74) is -0.229. The third-order valence-electron chi connectivity index (χ3n) is 4.30. The molecule has 0 spiro atoms. The highest BCUT2D eigenvalue weighted by Crippen LogP contribution is 2.41. The summed E-state index contributed by atoms with van der Waals surface area (Å²) >= 11 is 12.0. The second-order valence-electron chi connectivity index (χ2n) is 6.26. The molecule has 2 aromatic heterocycles. The molecule has 2 heterocycles. The zero-order chi connectivity index (χ0) is 21.9. The van der Waals surface area contributed by atoms with Gasteiger partial charge in [0.2, 0.25) is 5.28 Å². The molecule has 1 aromatic carbocycles. The second kappa shape index (κ2) is 9.20. The lowest BCUT2D eigenvalue weighted by Gasteiger charge is -2.24. The molecule has 0 aliphatic heterocycles. The van der Waals surface area contributed by atoms with E-state index in [1.807, 2.05) is 0 Å². The fourth-order valence-corrected chi connectivity index (χ4v) is 3.35. The summed E-state index contributed by atoms with van der Waals surface area (Å²) in [7, 11) is 0. The molecule has 1 atom stereocenters. The van der Waals surface area contributed by atoms with Gasteiger partial charge in [-0.25, -0.2) is 15.0 Å². The molecule has 11 heteroatoms.